The number of amides is 1. The number of methoxy groups -OCH3 is 1. The molecule has 4 aromatic rings. The molecule has 0 fully saturated rings. The predicted octanol–water partition coefficient (Wildman–Crippen LogP) is 3.02. The van der Waals surface area contributed by atoms with Crippen molar-refractivity contribution in [3.05, 3.63) is 89.1 Å². The van der Waals surface area contributed by atoms with Gasteiger partial charge in [0, 0.05) is 31.0 Å². The maximum Gasteiger partial charge on any atom is 0.255 e. The molecule has 0 radical (unpaired) electrons. The third kappa shape index (κ3) is 4.10. The van der Waals surface area contributed by atoms with Crippen LogP contribution in [0.1, 0.15) is 16.8 Å². The summed E-state index contributed by atoms with van der Waals surface area (Å²) in [7, 11) is 1.58. The molecular formula is C23H22N4O3. The molecule has 2 aromatic carbocycles. The van der Waals surface area contributed by atoms with Crippen molar-refractivity contribution < 1.29 is 9.53 Å². The van der Waals surface area contributed by atoms with Crippen LogP contribution in [0.3, 0.4) is 0 Å². The van der Waals surface area contributed by atoms with Gasteiger partial charge in [-0.15, -0.1) is 0 Å². The molecule has 2 aromatic heterocycles. The normalized spacial score (nSPS) is 10.8. The lowest BCUT2D eigenvalue weighted by Gasteiger charge is -2.10. The zero-order chi connectivity index (χ0) is 20.9. The second-order valence-electron chi connectivity index (χ2n) is 6.86. The molecule has 0 unspecified atom stereocenters. The van der Waals surface area contributed by atoms with Gasteiger partial charge in [0.05, 0.1) is 30.0 Å². The van der Waals surface area contributed by atoms with Crippen molar-refractivity contribution in [1.82, 2.24) is 19.4 Å². The first kappa shape index (κ1) is 19.4. The highest BCUT2D eigenvalue weighted by Gasteiger charge is 2.09. The summed E-state index contributed by atoms with van der Waals surface area (Å²) in [6, 6.07) is 18.0. The second kappa shape index (κ2) is 8.65. The molecule has 1 amide bonds. The first-order valence-electron chi connectivity index (χ1n) is 9.71. The largest absolute Gasteiger partial charge is 0.497 e. The van der Waals surface area contributed by atoms with E-state index in [1.54, 1.807) is 43.6 Å². The van der Waals surface area contributed by atoms with E-state index >= 15 is 0 Å². The van der Waals surface area contributed by atoms with Gasteiger partial charge in [-0.3, -0.25) is 14.2 Å². The number of imidazole rings is 1. The van der Waals surface area contributed by atoms with Gasteiger partial charge in [-0.2, -0.15) is 0 Å². The van der Waals surface area contributed by atoms with Gasteiger partial charge >= 0.3 is 0 Å². The van der Waals surface area contributed by atoms with Gasteiger partial charge in [0.15, 0.2) is 0 Å². The lowest BCUT2D eigenvalue weighted by Crippen LogP contribution is -2.27. The SMILES string of the molecule is COc1ccc(-n2cc(C(=O)NCCCn3cnc4ccccc43)ccc2=O)cc1. The Labute approximate surface area is 173 Å². The molecule has 0 atom stereocenters. The third-order valence-electron chi connectivity index (χ3n) is 4.91. The fraction of sp³-hybridized carbons (Fsp3) is 0.174. The van der Waals surface area contributed by atoms with Crippen LogP contribution in [0.5, 0.6) is 5.75 Å². The van der Waals surface area contributed by atoms with Gasteiger partial charge < -0.3 is 14.6 Å². The Bertz CT molecular complexity index is 1230. The minimum atomic E-state index is -0.215. The van der Waals surface area contributed by atoms with E-state index in [4.69, 9.17) is 4.74 Å². The number of para-hydroxylation sites is 2. The van der Waals surface area contributed by atoms with Gasteiger partial charge in [-0.25, -0.2) is 4.98 Å². The van der Waals surface area contributed by atoms with Crippen molar-refractivity contribution in [1.29, 1.82) is 0 Å². The molecule has 1 N–H and O–H groups in total. The maximum atomic E-state index is 12.5. The predicted molar refractivity (Wildman–Crippen MR) is 115 cm³/mol. The van der Waals surface area contributed by atoms with E-state index in [-0.39, 0.29) is 11.5 Å². The summed E-state index contributed by atoms with van der Waals surface area (Å²) in [5.41, 5.74) is 2.93. The van der Waals surface area contributed by atoms with Crippen molar-refractivity contribution in [2.75, 3.05) is 13.7 Å². The van der Waals surface area contributed by atoms with Crippen LogP contribution < -0.4 is 15.6 Å². The fourth-order valence-corrected chi connectivity index (χ4v) is 3.31. The van der Waals surface area contributed by atoms with E-state index in [1.165, 1.54) is 10.6 Å². The quantitative estimate of drug-likeness (QED) is 0.482. The van der Waals surface area contributed by atoms with Gasteiger partial charge in [0.2, 0.25) is 0 Å². The zero-order valence-corrected chi connectivity index (χ0v) is 16.6. The smallest absolute Gasteiger partial charge is 0.255 e. The number of pyridine rings is 1. The van der Waals surface area contributed by atoms with Crippen LogP contribution >= 0.6 is 0 Å². The molecule has 0 aliphatic carbocycles. The molecule has 0 spiro atoms. The number of aryl methyl sites for hydroxylation is 1. The molecule has 0 aliphatic rings. The van der Waals surface area contributed by atoms with E-state index in [0.717, 1.165) is 24.0 Å². The van der Waals surface area contributed by atoms with Crippen LogP contribution in [0.25, 0.3) is 16.7 Å². The van der Waals surface area contributed by atoms with E-state index in [9.17, 15) is 9.59 Å². The van der Waals surface area contributed by atoms with Gasteiger partial charge in [-0.05, 0) is 48.9 Å². The first-order chi connectivity index (χ1) is 14.7. The number of fused-ring (bicyclic) bond motifs is 1. The molecule has 152 valence electrons. The summed E-state index contributed by atoms with van der Waals surface area (Å²) >= 11 is 0. The summed E-state index contributed by atoms with van der Waals surface area (Å²) in [5.74, 6) is 0.485. The Balaban J connectivity index is 1.39. The number of nitrogens with one attached hydrogen (secondary N) is 1. The lowest BCUT2D eigenvalue weighted by atomic mass is 10.2. The molecule has 7 nitrogen and oxygen atoms in total. The Hall–Kier alpha value is -3.87. The molecule has 4 rings (SSSR count). The van der Waals surface area contributed by atoms with Gasteiger partial charge in [0.1, 0.15) is 5.75 Å². The highest BCUT2D eigenvalue weighted by Crippen LogP contribution is 2.14. The highest BCUT2D eigenvalue weighted by atomic mass is 16.5. The van der Waals surface area contributed by atoms with Crippen LogP contribution in [0.2, 0.25) is 0 Å². The molecule has 2 heterocycles. The van der Waals surface area contributed by atoms with Crippen molar-refractivity contribution in [2.45, 2.75) is 13.0 Å². The van der Waals surface area contributed by atoms with E-state index < -0.39 is 0 Å². The third-order valence-corrected chi connectivity index (χ3v) is 4.91. The van der Waals surface area contributed by atoms with Gasteiger partial charge in [-0.1, -0.05) is 12.1 Å². The zero-order valence-electron chi connectivity index (χ0n) is 16.6. The topological polar surface area (TPSA) is 78.2 Å². The summed E-state index contributed by atoms with van der Waals surface area (Å²) in [6.45, 7) is 1.28. The van der Waals surface area contributed by atoms with Crippen LogP contribution in [0.4, 0.5) is 0 Å². The molecule has 0 aliphatic heterocycles. The van der Waals surface area contributed by atoms with Crippen LogP contribution in [-0.4, -0.2) is 33.7 Å². The number of carbonyl (C=O) groups excluding carboxylic acids is 1. The Kier molecular flexibility index (Phi) is 5.61. The van der Waals surface area contributed by atoms with Gasteiger partial charge in [0.25, 0.3) is 11.5 Å². The minimum absolute atomic E-state index is 0.205. The van der Waals surface area contributed by atoms with E-state index in [1.807, 2.05) is 30.6 Å². The van der Waals surface area contributed by atoms with Crippen molar-refractivity contribution in [3.8, 4) is 11.4 Å². The Morgan fingerprint density at radius 2 is 1.87 bits per heavy atom. The number of aromatic nitrogens is 3. The van der Waals surface area contributed by atoms with E-state index in [2.05, 4.69) is 14.9 Å². The number of hydrogen-bond donors (Lipinski definition) is 1. The van der Waals surface area contributed by atoms with Crippen molar-refractivity contribution in [2.24, 2.45) is 0 Å². The summed E-state index contributed by atoms with van der Waals surface area (Å²) in [5, 5.41) is 2.92. The highest BCUT2D eigenvalue weighted by molar-refractivity contribution is 5.93. The lowest BCUT2D eigenvalue weighted by molar-refractivity contribution is 0.0952. The number of nitrogens with zero attached hydrogens (tertiary/aromatic N) is 3. The molecule has 7 heteroatoms. The monoisotopic (exact) mass is 402 g/mol. The van der Waals surface area contributed by atoms with Crippen LogP contribution in [0, 0.1) is 0 Å². The molecule has 0 saturated carbocycles. The van der Waals surface area contributed by atoms with Crippen LogP contribution in [-0.2, 0) is 6.54 Å². The number of rotatable bonds is 7. The van der Waals surface area contributed by atoms with Crippen LogP contribution in [0.15, 0.2) is 78.0 Å². The first-order valence-corrected chi connectivity index (χ1v) is 9.71. The average Bonchev–Trinajstić information content (AvgIpc) is 3.20. The standard InChI is InChI=1S/C23H22N4O3/c1-30-19-10-8-18(9-11-19)27-15-17(7-12-22(27)28)23(29)24-13-4-14-26-16-25-20-5-2-3-6-21(20)26/h2-3,5-12,15-16H,4,13-14H2,1H3,(H,24,29). The summed E-state index contributed by atoms with van der Waals surface area (Å²) in [4.78, 5) is 29.2. The molecule has 30 heavy (non-hydrogen) atoms. The molecule has 0 saturated heterocycles. The average molecular weight is 402 g/mol. The molecule has 0 bridgehead atoms. The Morgan fingerprint density at radius 1 is 1.07 bits per heavy atom. The maximum absolute atomic E-state index is 12.5. The number of ether oxygens (including phenoxy) is 1. The number of carbonyl (C=O) groups is 1. The summed E-state index contributed by atoms with van der Waals surface area (Å²) in [6.07, 6.45) is 4.14. The molecular weight excluding hydrogens is 380 g/mol. The van der Waals surface area contributed by atoms with Crippen molar-refractivity contribution in [3.63, 3.8) is 0 Å². The number of benzene rings is 2. The Morgan fingerprint density at radius 3 is 2.67 bits per heavy atom. The number of hydrogen-bond acceptors (Lipinski definition) is 4. The van der Waals surface area contributed by atoms with Crippen molar-refractivity contribution >= 4 is 16.9 Å². The second-order valence-corrected chi connectivity index (χ2v) is 6.86. The summed E-state index contributed by atoms with van der Waals surface area (Å²) < 4.78 is 8.67. The minimum Gasteiger partial charge on any atom is -0.497 e. The van der Waals surface area contributed by atoms with E-state index in [0.29, 0.717) is 23.5 Å². The fourth-order valence-electron chi connectivity index (χ4n) is 3.31.